The van der Waals surface area contributed by atoms with E-state index in [1.54, 1.807) is 25.1 Å². The summed E-state index contributed by atoms with van der Waals surface area (Å²) >= 11 is 0. The Hall–Kier alpha value is -2.56. The number of amides is 1. The Labute approximate surface area is 122 Å². The second kappa shape index (κ2) is 5.09. The third kappa shape index (κ3) is 2.31. The van der Waals surface area contributed by atoms with E-state index in [0.717, 1.165) is 18.5 Å². The molecule has 0 bridgehead atoms. The van der Waals surface area contributed by atoms with Crippen LogP contribution < -0.4 is 5.32 Å². The minimum absolute atomic E-state index is 0.0101. The number of fused-ring (bicyclic) bond motifs is 1. The molecule has 1 heterocycles. The van der Waals surface area contributed by atoms with Crippen LogP contribution in [0.25, 0.3) is 0 Å². The Balaban J connectivity index is 1.93. The molecule has 1 amide bonds. The zero-order chi connectivity index (χ0) is 15.0. The number of Topliss-reactive ketones (excluding diaryl/α,β-unsaturated/α-hetero) is 1. The van der Waals surface area contributed by atoms with Crippen molar-refractivity contribution in [2.24, 2.45) is 0 Å². The number of anilines is 1. The number of H-pyrrole nitrogens is 1. The molecule has 2 aromatic rings. The first-order valence-electron chi connectivity index (χ1n) is 6.92. The lowest BCUT2D eigenvalue weighted by Gasteiger charge is -2.09. The van der Waals surface area contributed by atoms with Crippen LogP contribution in [0, 0.1) is 6.92 Å². The van der Waals surface area contributed by atoms with E-state index in [4.69, 9.17) is 0 Å². The van der Waals surface area contributed by atoms with Crippen molar-refractivity contribution in [1.29, 1.82) is 0 Å². The summed E-state index contributed by atoms with van der Waals surface area (Å²) < 4.78 is 0. The number of aromatic nitrogens is 1. The quantitative estimate of drug-likeness (QED) is 0.742. The molecule has 5 heteroatoms. The fourth-order valence-electron chi connectivity index (χ4n) is 2.77. The number of benzene rings is 1. The third-order valence-electron chi connectivity index (χ3n) is 3.82. The van der Waals surface area contributed by atoms with Crippen LogP contribution in [-0.2, 0) is 6.42 Å². The first-order valence-corrected chi connectivity index (χ1v) is 6.92. The molecule has 5 nitrogen and oxygen atoms in total. The maximum Gasteiger partial charge on any atom is 0.272 e. The summed E-state index contributed by atoms with van der Waals surface area (Å²) in [6, 6.07) is 6.54. The third-order valence-corrected chi connectivity index (χ3v) is 3.82. The predicted octanol–water partition coefficient (Wildman–Crippen LogP) is 2.80. The van der Waals surface area contributed by atoms with Gasteiger partial charge in [-0.15, -0.1) is 0 Å². The molecule has 1 aromatic heterocycles. The lowest BCUT2D eigenvalue weighted by Crippen LogP contribution is -2.14. The standard InChI is InChI=1S/C16H16N2O3/c1-9-14-11(6-4-8-13(14)20)17-15(9)16(21)18-10-5-2-3-7-12(10)19/h2-3,5,7,17,19H,4,6,8H2,1H3,(H,18,21). The second-order valence-electron chi connectivity index (χ2n) is 5.23. The van der Waals surface area contributed by atoms with Gasteiger partial charge in [-0.1, -0.05) is 12.1 Å². The lowest BCUT2D eigenvalue weighted by atomic mass is 9.94. The van der Waals surface area contributed by atoms with Gasteiger partial charge in [-0.3, -0.25) is 9.59 Å². The number of ketones is 1. The summed E-state index contributed by atoms with van der Waals surface area (Å²) in [7, 11) is 0. The molecule has 1 aromatic carbocycles. The monoisotopic (exact) mass is 284 g/mol. The number of carbonyl (C=O) groups is 2. The SMILES string of the molecule is Cc1c(C(=O)Nc2ccccc2O)[nH]c2c1C(=O)CCC2. The summed E-state index contributed by atoms with van der Waals surface area (Å²) in [6.45, 7) is 1.78. The normalized spacial score (nSPS) is 13.9. The molecule has 21 heavy (non-hydrogen) atoms. The van der Waals surface area contributed by atoms with E-state index >= 15 is 0 Å². The molecule has 0 atom stereocenters. The van der Waals surface area contributed by atoms with Crippen LogP contribution in [-0.4, -0.2) is 21.8 Å². The summed E-state index contributed by atoms with van der Waals surface area (Å²) in [5.74, 6) is -0.251. The predicted molar refractivity (Wildman–Crippen MR) is 78.9 cm³/mol. The van der Waals surface area contributed by atoms with Crippen LogP contribution in [0.4, 0.5) is 5.69 Å². The van der Waals surface area contributed by atoms with Gasteiger partial charge < -0.3 is 15.4 Å². The number of para-hydroxylation sites is 2. The van der Waals surface area contributed by atoms with Crippen LogP contribution in [0.1, 0.15) is 44.9 Å². The minimum Gasteiger partial charge on any atom is -0.506 e. The number of carbonyl (C=O) groups excluding carboxylic acids is 2. The highest BCUT2D eigenvalue weighted by atomic mass is 16.3. The summed E-state index contributed by atoms with van der Waals surface area (Å²) in [6.07, 6.45) is 2.13. The first-order chi connectivity index (χ1) is 10.1. The van der Waals surface area contributed by atoms with Crippen LogP contribution in [0.15, 0.2) is 24.3 Å². The Morgan fingerprint density at radius 2 is 2.05 bits per heavy atom. The molecule has 3 N–H and O–H groups in total. The molecule has 0 aliphatic heterocycles. The van der Waals surface area contributed by atoms with Gasteiger partial charge in [0.15, 0.2) is 5.78 Å². The molecule has 1 aliphatic rings. The van der Waals surface area contributed by atoms with E-state index in [9.17, 15) is 14.7 Å². The fraction of sp³-hybridized carbons (Fsp3) is 0.250. The average Bonchev–Trinajstić information content (AvgIpc) is 2.80. The molecular formula is C16H16N2O3. The first kappa shape index (κ1) is 13.4. The van der Waals surface area contributed by atoms with Gasteiger partial charge in [0.2, 0.25) is 0 Å². The van der Waals surface area contributed by atoms with E-state index < -0.39 is 0 Å². The molecule has 0 spiro atoms. The van der Waals surface area contributed by atoms with E-state index in [1.165, 1.54) is 6.07 Å². The van der Waals surface area contributed by atoms with Gasteiger partial charge in [0, 0.05) is 17.7 Å². The highest BCUT2D eigenvalue weighted by Gasteiger charge is 2.26. The van der Waals surface area contributed by atoms with Crippen LogP contribution in [0.2, 0.25) is 0 Å². The van der Waals surface area contributed by atoms with Crippen LogP contribution in [0.3, 0.4) is 0 Å². The van der Waals surface area contributed by atoms with Crippen molar-refractivity contribution in [3.63, 3.8) is 0 Å². The molecule has 0 saturated heterocycles. The second-order valence-corrected chi connectivity index (χ2v) is 5.23. The van der Waals surface area contributed by atoms with Crippen molar-refractivity contribution < 1.29 is 14.7 Å². The van der Waals surface area contributed by atoms with Crippen molar-refractivity contribution in [2.45, 2.75) is 26.2 Å². The molecule has 108 valence electrons. The maximum atomic E-state index is 12.3. The number of aromatic amines is 1. The fourth-order valence-corrected chi connectivity index (χ4v) is 2.77. The van der Waals surface area contributed by atoms with E-state index in [1.807, 2.05) is 0 Å². The Morgan fingerprint density at radius 3 is 2.76 bits per heavy atom. The molecule has 0 unspecified atom stereocenters. The molecule has 0 saturated carbocycles. The summed E-state index contributed by atoms with van der Waals surface area (Å²) in [5.41, 5.74) is 2.91. The van der Waals surface area contributed by atoms with Gasteiger partial charge >= 0.3 is 0 Å². The van der Waals surface area contributed by atoms with Gasteiger partial charge in [0.25, 0.3) is 5.91 Å². The highest BCUT2D eigenvalue weighted by molar-refractivity contribution is 6.08. The molecule has 1 aliphatic carbocycles. The van der Waals surface area contributed by atoms with E-state index in [-0.39, 0.29) is 17.4 Å². The molecular weight excluding hydrogens is 268 g/mol. The Bertz CT molecular complexity index is 731. The lowest BCUT2D eigenvalue weighted by molar-refractivity contribution is 0.0971. The molecule has 3 rings (SSSR count). The van der Waals surface area contributed by atoms with Crippen molar-refractivity contribution in [2.75, 3.05) is 5.32 Å². The molecule has 0 radical (unpaired) electrons. The largest absolute Gasteiger partial charge is 0.506 e. The van der Waals surface area contributed by atoms with Crippen molar-refractivity contribution in [3.8, 4) is 5.75 Å². The number of hydrogen-bond acceptors (Lipinski definition) is 3. The molecule has 0 fully saturated rings. The van der Waals surface area contributed by atoms with Crippen molar-refractivity contribution in [1.82, 2.24) is 4.98 Å². The van der Waals surface area contributed by atoms with Gasteiger partial charge in [-0.25, -0.2) is 0 Å². The average molecular weight is 284 g/mol. The van der Waals surface area contributed by atoms with E-state index in [0.29, 0.717) is 28.9 Å². The number of phenols is 1. The van der Waals surface area contributed by atoms with Crippen molar-refractivity contribution in [3.05, 3.63) is 46.8 Å². The number of hydrogen-bond donors (Lipinski definition) is 3. The topological polar surface area (TPSA) is 82.2 Å². The minimum atomic E-state index is -0.351. The smallest absolute Gasteiger partial charge is 0.272 e. The zero-order valence-corrected chi connectivity index (χ0v) is 11.7. The number of nitrogens with one attached hydrogen (secondary N) is 2. The number of phenolic OH excluding ortho intramolecular Hbond substituents is 1. The van der Waals surface area contributed by atoms with Gasteiger partial charge in [-0.2, -0.15) is 0 Å². The number of aromatic hydroxyl groups is 1. The Kier molecular flexibility index (Phi) is 3.25. The zero-order valence-electron chi connectivity index (χ0n) is 11.7. The van der Waals surface area contributed by atoms with Crippen LogP contribution >= 0.6 is 0 Å². The van der Waals surface area contributed by atoms with Crippen molar-refractivity contribution >= 4 is 17.4 Å². The Morgan fingerprint density at radius 1 is 1.29 bits per heavy atom. The van der Waals surface area contributed by atoms with Gasteiger partial charge in [0.05, 0.1) is 5.69 Å². The highest BCUT2D eigenvalue weighted by Crippen LogP contribution is 2.28. The van der Waals surface area contributed by atoms with Gasteiger partial charge in [-0.05, 0) is 37.5 Å². The van der Waals surface area contributed by atoms with Gasteiger partial charge in [0.1, 0.15) is 11.4 Å². The van der Waals surface area contributed by atoms with Crippen LogP contribution in [0.5, 0.6) is 5.75 Å². The maximum absolute atomic E-state index is 12.3. The van der Waals surface area contributed by atoms with E-state index in [2.05, 4.69) is 10.3 Å². The summed E-state index contributed by atoms with van der Waals surface area (Å²) in [4.78, 5) is 27.4. The number of rotatable bonds is 2. The number of aryl methyl sites for hydroxylation is 1. The summed E-state index contributed by atoms with van der Waals surface area (Å²) in [5, 5.41) is 12.4.